The van der Waals surface area contributed by atoms with Gasteiger partial charge in [0.05, 0.1) is 14.2 Å². The summed E-state index contributed by atoms with van der Waals surface area (Å²) in [6.07, 6.45) is 1.83. The molecule has 0 saturated heterocycles. The van der Waals surface area contributed by atoms with E-state index in [0.717, 1.165) is 35.5 Å². The van der Waals surface area contributed by atoms with Crippen molar-refractivity contribution in [2.24, 2.45) is 5.73 Å². The van der Waals surface area contributed by atoms with Gasteiger partial charge in [0.15, 0.2) is 0 Å². The Bertz CT molecular complexity index is 298. The van der Waals surface area contributed by atoms with Gasteiger partial charge in [-0.05, 0) is 44.0 Å². The SMILES string of the molecule is COc1cc(C)cc(OC)c1CCCN. The minimum atomic E-state index is 0.681. The minimum Gasteiger partial charge on any atom is -0.496 e. The molecule has 0 saturated carbocycles. The fourth-order valence-electron chi connectivity index (χ4n) is 1.64. The number of hydrogen-bond donors (Lipinski definition) is 1. The lowest BCUT2D eigenvalue weighted by Gasteiger charge is -2.13. The Hall–Kier alpha value is -1.22. The first kappa shape index (κ1) is 11.9. The van der Waals surface area contributed by atoms with Crippen LogP contribution < -0.4 is 15.2 Å². The van der Waals surface area contributed by atoms with E-state index in [1.165, 1.54) is 0 Å². The molecule has 0 aliphatic rings. The molecule has 84 valence electrons. The highest BCUT2D eigenvalue weighted by Crippen LogP contribution is 2.31. The van der Waals surface area contributed by atoms with Crippen molar-refractivity contribution in [3.63, 3.8) is 0 Å². The van der Waals surface area contributed by atoms with Crippen LogP contribution in [0.3, 0.4) is 0 Å². The molecule has 1 aromatic rings. The highest BCUT2D eigenvalue weighted by atomic mass is 16.5. The van der Waals surface area contributed by atoms with Gasteiger partial charge in [0.2, 0.25) is 0 Å². The Morgan fingerprint density at radius 1 is 1.13 bits per heavy atom. The van der Waals surface area contributed by atoms with Crippen molar-refractivity contribution in [1.29, 1.82) is 0 Å². The molecule has 3 heteroatoms. The lowest BCUT2D eigenvalue weighted by Crippen LogP contribution is -2.03. The molecule has 0 heterocycles. The molecule has 0 aliphatic carbocycles. The van der Waals surface area contributed by atoms with Gasteiger partial charge < -0.3 is 15.2 Å². The zero-order chi connectivity index (χ0) is 11.3. The zero-order valence-corrected chi connectivity index (χ0v) is 9.67. The summed E-state index contributed by atoms with van der Waals surface area (Å²) in [4.78, 5) is 0. The molecule has 0 bridgehead atoms. The maximum absolute atomic E-state index is 5.51. The van der Waals surface area contributed by atoms with E-state index in [9.17, 15) is 0 Å². The van der Waals surface area contributed by atoms with Crippen molar-refractivity contribution >= 4 is 0 Å². The Balaban J connectivity index is 3.06. The Kier molecular flexibility index (Phi) is 4.43. The van der Waals surface area contributed by atoms with Gasteiger partial charge in [-0.25, -0.2) is 0 Å². The normalized spacial score (nSPS) is 10.1. The van der Waals surface area contributed by atoms with Crippen molar-refractivity contribution in [1.82, 2.24) is 0 Å². The maximum atomic E-state index is 5.51. The van der Waals surface area contributed by atoms with Gasteiger partial charge in [0.25, 0.3) is 0 Å². The summed E-state index contributed by atoms with van der Waals surface area (Å²) < 4.78 is 10.7. The standard InChI is InChI=1S/C12H19NO2/c1-9-7-11(14-2)10(5-4-6-13)12(8-9)15-3/h7-8H,4-6,13H2,1-3H3. The van der Waals surface area contributed by atoms with Crippen LogP contribution in [0.4, 0.5) is 0 Å². The predicted octanol–water partition coefficient (Wildman–Crippen LogP) is 1.90. The first-order valence-electron chi connectivity index (χ1n) is 5.14. The van der Waals surface area contributed by atoms with E-state index in [-0.39, 0.29) is 0 Å². The molecular formula is C12H19NO2. The third-order valence-electron chi connectivity index (χ3n) is 2.38. The lowest BCUT2D eigenvalue weighted by molar-refractivity contribution is 0.384. The second-order valence-electron chi connectivity index (χ2n) is 3.54. The summed E-state index contributed by atoms with van der Waals surface area (Å²) in [5.74, 6) is 1.78. The van der Waals surface area contributed by atoms with E-state index in [2.05, 4.69) is 0 Å². The van der Waals surface area contributed by atoms with E-state index in [1.54, 1.807) is 14.2 Å². The molecule has 0 amide bonds. The number of ether oxygens (including phenoxy) is 2. The summed E-state index contributed by atoms with van der Waals surface area (Å²) in [6, 6.07) is 4.04. The van der Waals surface area contributed by atoms with Crippen LogP contribution in [0.15, 0.2) is 12.1 Å². The molecule has 1 aromatic carbocycles. The molecular weight excluding hydrogens is 190 g/mol. The number of methoxy groups -OCH3 is 2. The van der Waals surface area contributed by atoms with Gasteiger partial charge in [0.1, 0.15) is 11.5 Å². The van der Waals surface area contributed by atoms with E-state index in [0.29, 0.717) is 6.54 Å². The second kappa shape index (κ2) is 5.61. The quantitative estimate of drug-likeness (QED) is 0.805. The van der Waals surface area contributed by atoms with E-state index >= 15 is 0 Å². The predicted molar refractivity (Wildman–Crippen MR) is 61.7 cm³/mol. The molecule has 0 atom stereocenters. The summed E-state index contributed by atoms with van der Waals surface area (Å²) in [6.45, 7) is 2.71. The van der Waals surface area contributed by atoms with Crippen LogP contribution in [0.2, 0.25) is 0 Å². The monoisotopic (exact) mass is 209 g/mol. The minimum absolute atomic E-state index is 0.681. The number of aryl methyl sites for hydroxylation is 1. The highest BCUT2D eigenvalue weighted by Gasteiger charge is 2.10. The largest absolute Gasteiger partial charge is 0.496 e. The van der Waals surface area contributed by atoms with Gasteiger partial charge in [-0.2, -0.15) is 0 Å². The molecule has 0 aliphatic heterocycles. The van der Waals surface area contributed by atoms with E-state index in [1.807, 2.05) is 19.1 Å². The smallest absolute Gasteiger partial charge is 0.126 e. The van der Waals surface area contributed by atoms with Gasteiger partial charge in [-0.3, -0.25) is 0 Å². The van der Waals surface area contributed by atoms with Gasteiger partial charge in [0, 0.05) is 5.56 Å². The molecule has 0 spiro atoms. The van der Waals surface area contributed by atoms with Crippen molar-refractivity contribution in [3.05, 3.63) is 23.3 Å². The number of benzene rings is 1. The Morgan fingerprint density at radius 3 is 2.07 bits per heavy atom. The fraction of sp³-hybridized carbons (Fsp3) is 0.500. The summed E-state index contributed by atoms with van der Waals surface area (Å²) in [7, 11) is 3.36. The molecule has 15 heavy (non-hydrogen) atoms. The number of rotatable bonds is 5. The second-order valence-corrected chi connectivity index (χ2v) is 3.54. The molecule has 1 rings (SSSR count). The Morgan fingerprint density at radius 2 is 1.67 bits per heavy atom. The lowest BCUT2D eigenvalue weighted by atomic mass is 10.0. The molecule has 3 nitrogen and oxygen atoms in total. The van der Waals surface area contributed by atoms with Crippen LogP contribution in [0.25, 0.3) is 0 Å². The number of hydrogen-bond acceptors (Lipinski definition) is 3. The maximum Gasteiger partial charge on any atom is 0.126 e. The molecule has 0 aromatic heterocycles. The fourth-order valence-corrected chi connectivity index (χ4v) is 1.64. The third kappa shape index (κ3) is 2.86. The van der Waals surface area contributed by atoms with E-state index < -0.39 is 0 Å². The highest BCUT2D eigenvalue weighted by molar-refractivity contribution is 5.47. The van der Waals surface area contributed by atoms with Crippen LogP contribution in [0, 0.1) is 6.92 Å². The van der Waals surface area contributed by atoms with Crippen molar-refractivity contribution in [3.8, 4) is 11.5 Å². The topological polar surface area (TPSA) is 44.5 Å². The molecule has 0 radical (unpaired) electrons. The van der Waals surface area contributed by atoms with Crippen molar-refractivity contribution < 1.29 is 9.47 Å². The third-order valence-corrected chi connectivity index (χ3v) is 2.38. The first-order chi connectivity index (χ1) is 7.22. The first-order valence-corrected chi connectivity index (χ1v) is 5.14. The molecule has 0 fully saturated rings. The summed E-state index contributed by atoms with van der Waals surface area (Å²) >= 11 is 0. The Labute approximate surface area is 91.2 Å². The van der Waals surface area contributed by atoms with Crippen LogP contribution in [-0.2, 0) is 6.42 Å². The number of nitrogens with two attached hydrogens (primary N) is 1. The summed E-state index contributed by atoms with van der Waals surface area (Å²) in [5.41, 5.74) is 7.75. The average Bonchev–Trinajstić information content (AvgIpc) is 2.26. The van der Waals surface area contributed by atoms with Gasteiger partial charge in [-0.15, -0.1) is 0 Å². The van der Waals surface area contributed by atoms with Crippen LogP contribution in [0.5, 0.6) is 11.5 Å². The van der Waals surface area contributed by atoms with Gasteiger partial charge in [-0.1, -0.05) is 0 Å². The van der Waals surface area contributed by atoms with Crippen LogP contribution in [0.1, 0.15) is 17.5 Å². The zero-order valence-electron chi connectivity index (χ0n) is 9.67. The van der Waals surface area contributed by atoms with Crippen LogP contribution in [-0.4, -0.2) is 20.8 Å². The summed E-state index contributed by atoms with van der Waals surface area (Å²) in [5, 5.41) is 0. The van der Waals surface area contributed by atoms with Crippen molar-refractivity contribution in [2.45, 2.75) is 19.8 Å². The molecule has 2 N–H and O–H groups in total. The van der Waals surface area contributed by atoms with Crippen molar-refractivity contribution in [2.75, 3.05) is 20.8 Å². The van der Waals surface area contributed by atoms with Gasteiger partial charge >= 0.3 is 0 Å². The van der Waals surface area contributed by atoms with Crippen LogP contribution >= 0.6 is 0 Å². The molecule has 0 unspecified atom stereocenters. The average molecular weight is 209 g/mol. The van der Waals surface area contributed by atoms with E-state index in [4.69, 9.17) is 15.2 Å².